The third kappa shape index (κ3) is 19.1. The molecule has 2 aromatic rings. The third-order valence-corrected chi connectivity index (χ3v) is 2.90. The Bertz CT molecular complexity index is 792. The van der Waals surface area contributed by atoms with Gasteiger partial charge < -0.3 is 14.6 Å². The molecule has 0 aliphatic carbocycles. The summed E-state index contributed by atoms with van der Waals surface area (Å²) in [6, 6.07) is 11.9. The van der Waals surface area contributed by atoms with E-state index in [9.17, 15) is 19.7 Å². The van der Waals surface area contributed by atoms with Crippen molar-refractivity contribution in [2.24, 2.45) is 0 Å². The number of hydrogen-bond donors (Lipinski definition) is 2. The largest absolute Gasteiger partial charge is 0.508 e. The Hall–Kier alpha value is -3.62. The minimum atomic E-state index is -1.03. The number of nitro groups is 1. The lowest BCUT2D eigenvalue weighted by Crippen LogP contribution is -2.37. The molecule has 2 N–H and O–H groups in total. The molecule has 0 radical (unpaired) electrons. The molecule has 0 bridgehead atoms. The number of amides is 2. The number of aromatic hydroxyl groups is 1. The molecular weight excluding hydrogens is 440 g/mol. The summed E-state index contributed by atoms with van der Waals surface area (Å²) in [5.74, 6) is 0.396. The Morgan fingerprint density at radius 1 is 0.853 bits per heavy atom. The molecule has 34 heavy (non-hydrogen) atoms. The number of carbonyl (C=O) groups is 2. The van der Waals surface area contributed by atoms with Crippen LogP contribution in [0.5, 0.6) is 11.5 Å². The van der Waals surface area contributed by atoms with Gasteiger partial charge in [-0.3, -0.25) is 10.1 Å². The summed E-state index contributed by atoms with van der Waals surface area (Å²) >= 11 is 0. The molecule has 0 saturated carbocycles. The maximum Gasteiger partial charge on any atom is 0.422 e. The fourth-order valence-corrected chi connectivity index (χ4v) is 1.70. The second-order valence-corrected chi connectivity index (χ2v) is 6.60. The van der Waals surface area contributed by atoms with Gasteiger partial charge in [-0.15, -0.1) is 0 Å². The molecule has 0 fully saturated rings. The van der Waals surface area contributed by atoms with Gasteiger partial charge in [0.2, 0.25) is 0 Å². The van der Waals surface area contributed by atoms with Gasteiger partial charge in [-0.25, -0.2) is 14.9 Å². The number of nitro benzene ring substituents is 1. The molecule has 2 rings (SSSR count). The molecule has 0 aliphatic heterocycles. The molecule has 9 heteroatoms. The van der Waals surface area contributed by atoms with Crippen LogP contribution in [0.25, 0.3) is 0 Å². The normalized spacial score (nSPS) is 8.88. The molecule has 192 valence electrons. The summed E-state index contributed by atoms with van der Waals surface area (Å²) in [5.41, 5.74) is 0.297. The average molecular weight is 481 g/mol. The number of nitrogens with zero attached hydrogens (tertiary/aromatic N) is 1. The number of aryl methyl sites for hydroxylation is 1. The zero-order valence-corrected chi connectivity index (χ0v) is 22.0. The fourth-order valence-electron chi connectivity index (χ4n) is 1.70. The second-order valence-electron chi connectivity index (χ2n) is 6.60. The smallest absolute Gasteiger partial charge is 0.422 e. The number of ether oxygens (including phenoxy) is 2. The van der Waals surface area contributed by atoms with Crippen molar-refractivity contribution in [1.82, 2.24) is 5.32 Å². The summed E-state index contributed by atoms with van der Waals surface area (Å²) in [4.78, 5) is 32.5. The predicted octanol–water partition coefficient (Wildman–Crippen LogP) is 7.40. The highest BCUT2D eigenvalue weighted by Gasteiger charge is 2.19. The number of carbonyl (C=O) groups excluding carboxylic acids is 2. The molecule has 0 atom stereocenters. The molecular formula is C25H40N2O7. The SMILES string of the molecule is CC.CC.CC.CC(C)(C)OC(=O)NC(=O)Oc1ccc([N+](=O)[O-])cc1.Cc1ccc(O)cc1. The van der Waals surface area contributed by atoms with Gasteiger partial charge >= 0.3 is 12.2 Å². The first-order chi connectivity index (χ1) is 16.0. The van der Waals surface area contributed by atoms with Crippen molar-refractivity contribution < 1.29 is 29.1 Å². The van der Waals surface area contributed by atoms with Gasteiger partial charge in [0, 0.05) is 12.1 Å². The lowest BCUT2D eigenvalue weighted by atomic mass is 10.2. The lowest BCUT2D eigenvalue weighted by molar-refractivity contribution is -0.384. The van der Waals surface area contributed by atoms with Crippen LogP contribution in [0.15, 0.2) is 48.5 Å². The Morgan fingerprint density at radius 3 is 1.65 bits per heavy atom. The summed E-state index contributed by atoms with van der Waals surface area (Å²) < 4.78 is 9.62. The van der Waals surface area contributed by atoms with E-state index in [1.54, 1.807) is 32.9 Å². The minimum absolute atomic E-state index is 0.0664. The van der Waals surface area contributed by atoms with E-state index >= 15 is 0 Å². The van der Waals surface area contributed by atoms with Gasteiger partial charge in [-0.1, -0.05) is 59.2 Å². The molecule has 0 aliphatic rings. The van der Waals surface area contributed by atoms with E-state index in [1.807, 2.05) is 65.9 Å². The predicted molar refractivity (Wildman–Crippen MR) is 135 cm³/mol. The molecule has 0 heterocycles. The first-order valence-corrected chi connectivity index (χ1v) is 11.2. The van der Waals surface area contributed by atoms with Crippen molar-refractivity contribution in [3.05, 3.63) is 64.2 Å². The van der Waals surface area contributed by atoms with Gasteiger partial charge in [0.15, 0.2) is 0 Å². The Morgan fingerprint density at radius 2 is 1.29 bits per heavy atom. The number of rotatable bonds is 2. The lowest BCUT2D eigenvalue weighted by Gasteiger charge is -2.19. The molecule has 2 aromatic carbocycles. The molecule has 0 spiro atoms. The summed E-state index contributed by atoms with van der Waals surface area (Å²) in [7, 11) is 0. The number of hydrogen-bond acceptors (Lipinski definition) is 7. The summed E-state index contributed by atoms with van der Waals surface area (Å²) in [6.45, 7) is 18.9. The summed E-state index contributed by atoms with van der Waals surface area (Å²) in [5, 5.41) is 21.1. The molecule has 9 nitrogen and oxygen atoms in total. The number of non-ortho nitro benzene ring substituents is 1. The number of phenolic OH excluding ortho intramolecular Hbond substituents is 1. The molecule has 2 amide bonds. The number of nitrogens with one attached hydrogen (secondary N) is 1. The highest BCUT2D eigenvalue weighted by atomic mass is 16.6. The standard InChI is InChI=1S/C12H14N2O6.C7H8O.3C2H6/c1-12(2,3)20-11(16)13-10(15)19-9-6-4-8(5-7-9)14(17)18;1-6-2-4-7(8)5-3-6;3*1-2/h4-7H,1-3H3,(H,13,15,16);2-5,8H,1H3;3*1-2H3. The van der Waals surface area contributed by atoms with E-state index in [0.29, 0.717) is 5.75 Å². The zero-order chi connectivity index (χ0) is 27.3. The van der Waals surface area contributed by atoms with Crippen molar-refractivity contribution >= 4 is 17.9 Å². The van der Waals surface area contributed by atoms with Gasteiger partial charge in [-0.05, 0) is 52.0 Å². The van der Waals surface area contributed by atoms with Crippen molar-refractivity contribution in [1.29, 1.82) is 0 Å². The third-order valence-electron chi connectivity index (χ3n) is 2.90. The topological polar surface area (TPSA) is 128 Å². The first-order valence-electron chi connectivity index (χ1n) is 11.2. The minimum Gasteiger partial charge on any atom is -0.508 e. The quantitative estimate of drug-likeness (QED) is 0.338. The van der Waals surface area contributed by atoms with Crippen LogP contribution in [0, 0.1) is 17.0 Å². The number of phenols is 1. The van der Waals surface area contributed by atoms with Crippen LogP contribution in [0.3, 0.4) is 0 Å². The van der Waals surface area contributed by atoms with E-state index < -0.39 is 22.7 Å². The Balaban J connectivity index is -0.000000567. The summed E-state index contributed by atoms with van der Waals surface area (Å²) in [6.07, 6.45) is -1.97. The van der Waals surface area contributed by atoms with Crippen LogP contribution in [0.2, 0.25) is 0 Å². The monoisotopic (exact) mass is 480 g/mol. The highest BCUT2D eigenvalue weighted by Crippen LogP contribution is 2.17. The van der Waals surface area contributed by atoms with Crippen molar-refractivity contribution in [2.75, 3.05) is 0 Å². The van der Waals surface area contributed by atoms with Crippen LogP contribution in [0.4, 0.5) is 15.3 Å². The van der Waals surface area contributed by atoms with Crippen molar-refractivity contribution in [3.8, 4) is 11.5 Å². The van der Waals surface area contributed by atoms with E-state index in [4.69, 9.17) is 14.6 Å². The van der Waals surface area contributed by atoms with Gasteiger partial charge in [-0.2, -0.15) is 0 Å². The van der Waals surface area contributed by atoms with Crippen LogP contribution < -0.4 is 10.1 Å². The molecule has 0 aromatic heterocycles. The highest BCUT2D eigenvalue weighted by molar-refractivity contribution is 5.88. The van der Waals surface area contributed by atoms with E-state index in [2.05, 4.69) is 0 Å². The Labute approximate surface area is 203 Å². The van der Waals surface area contributed by atoms with Gasteiger partial charge in [0.1, 0.15) is 17.1 Å². The van der Waals surface area contributed by atoms with Crippen molar-refractivity contribution in [2.45, 2.75) is 74.8 Å². The number of alkyl carbamates (subject to hydrolysis) is 1. The number of imide groups is 1. The average Bonchev–Trinajstić information content (AvgIpc) is 2.79. The van der Waals surface area contributed by atoms with Gasteiger partial charge in [0.05, 0.1) is 4.92 Å². The number of benzene rings is 2. The second kappa shape index (κ2) is 20.0. The van der Waals surface area contributed by atoms with Crippen LogP contribution in [-0.2, 0) is 4.74 Å². The van der Waals surface area contributed by atoms with E-state index in [1.165, 1.54) is 29.8 Å². The van der Waals surface area contributed by atoms with Crippen LogP contribution >= 0.6 is 0 Å². The fraction of sp³-hybridized carbons (Fsp3) is 0.440. The van der Waals surface area contributed by atoms with Crippen LogP contribution in [-0.4, -0.2) is 27.8 Å². The van der Waals surface area contributed by atoms with Crippen molar-refractivity contribution in [3.63, 3.8) is 0 Å². The maximum absolute atomic E-state index is 11.4. The molecule has 0 saturated heterocycles. The van der Waals surface area contributed by atoms with E-state index in [-0.39, 0.29) is 11.4 Å². The van der Waals surface area contributed by atoms with E-state index in [0.717, 1.165) is 0 Å². The zero-order valence-electron chi connectivity index (χ0n) is 22.0. The Kier molecular flexibility index (Phi) is 20.6. The molecule has 0 unspecified atom stereocenters. The van der Waals surface area contributed by atoms with Gasteiger partial charge in [0.25, 0.3) is 5.69 Å². The van der Waals surface area contributed by atoms with Crippen LogP contribution in [0.1, 0.15) is 67.9 Å². The maximum atomic E-state index is 11.4. The first kappa shape index (κ1) is 35.0.